The van der Waals surface area contributed by atoms with E-state index in [-0.39, 0.29) is 11.7 Å². The Bertz CT molecular complexity index is 787. The highest BCUT2D eigenvalue weighted by atomic mass is 19.1. The van der Waals surface area contributed by atoms with Gasteiger partial charge in [-0.05, 0) is 60.1 Å². The third-order valence-electron chi connectivity index (χ3n) is 5.54. The van der Waals surface area contributed by atoms with Crippen molar-refractivity contribution in [2.45, 2.75) is 51.2 Å². The van der Waals surface area contributed by atoms with Gasteiger partial charge in [0.15, 0.2) is 0 Å². The van der Waals surface area contributed by atoms with Crippen molar-refractivity contribution >= 4 is 5.91 Å². The van der Waals surface area contributed by atoms with Crippen molar-refractivity contribution in [3.8, 4) is 0 Å². The molecule has 0 radical (unpaired) electrons. The van der Waals surface area contributed by atoms with Crippen molar-refractivity contribution in [2.24, 2.45) is 0 Å². The van der Waals surface area contributed by atoms with Crippen LogP contribution in [-0.4, -0.2) is 17.4 Å². The van der Waals surface area contributed by atoms with Gasteiger partial charge in [0.1, 0.15) is 5.82 Å². The molecule has 3 nitrogen and oxygen atoms in total. The summed E-state index contributed by atoms with van der Waals surface area (Å²) < 4.78 is 13.4. The monoisotopic (exact) mass is 352 g/mol. The first-order chi connectivity index (χ1) is 12.7. The van der Waals surface area contributed by atoms with Crippen LogP contribution in [0, 0.1) is 5.82 Å². The number of likely N-dealkylation sites (tertiary alicyclic amines) is 1. The van der Waals surface area contributed by atoms with E-state index in [1.165, 1.54) is 16.7 Å². The van der Waals surface area contributed by atoms with Crippen molar-refractivity contribution in [3.05, 3.63) is 70.5 Å². The Kier molecular flexibility index (Phi) is 5.02. The lowest BCUT2D eigenvalue weighted by atomic mass is 9.87. The Balaban J connectivity index is 1.36. The largest absolute Gasteiger partial charge is 0.338 e. The molecule has 1 fully saturated rings. The number of nitrogens with one attached hydrogen (secondary N) is 1. The Morgan fingerprint density at radius 2 is 1.85 bits per heavy atom. The Morgan fingerprint density at radius 1 is 1.04 bits per heavy atom. The number of fused-ring (bicyclic) bond motifs is 1. The highest BCUT2D eigenvalue weighted by Gasteiger charge is 2.21. The van der Waals surface area contributed by atoms with Gasteiger partial charge in [0, 0.05) is 32.1 Å². The molecule has 1 heterocycles. The van der Waals surface area contributed by atoms with E-state index in [4.69, 9.17) is 0 Å². The summed E-state index contributed by atoms with van der Waals surface area (Å²) in [4.78, 5) is 13.7. The fourth-order valence-electron chi connectivity index (χ4n) is 4.09. The number of hydrogen-bond acceptors (Lipinski definition) is 2. The average Bonchev–Trinajstić information content (AvgIpc) is 3.05. The van der Waals surface area contributed by atoms with Crippen LogP contribution in [0.1, 0.15) is 54.0 Å². The zero-order chi connectivity index (χ0) is 17.9. The summed E-state index contributed by atoms with van der Waals surface area (Å²) in [5.41, 5.74) is 4.79. The standard InChI is InChI=1S/C22H25FN2O/c23-19-10-11-20-18(13-19)3-1-4-21(20)24-14-16-6-8-17(9-7-16)15-25-12-2-5-22(25)26/h6-11,13,21,24H,1-5,12,14-15H2. The first-order valence-electron chi connectivity index (χ1n) is 9.56. The first-order valence-corrected chi connectivity index (χ1v) is 9.56. The normalized spacial score (nSPS) is 19.7. The van der Waals surface area contributed by atoms with Crippen LogP contribution < -0.4 is 5.32 Å². The van der Waals surface area contributed by atoms with Gasteiger partial charge in [0.25, 0.3) is 0 Å². The third-order valence-corrected chi connectivity index (χ3v) is 5.54. The number of benzene rings is 2. The fraction of sp³-hybridized carbons (Fsp3) is 0.409. The number of rotatable bonds is 5. The van der Waals surface area contributed by atoms with E-state index < -0.39 is 0 Å². The molecule has 1 aliphatic carbocycles. The molecule has 0 aromatic heterocycles. The Morgan fingerprint density at radius 3 is 2.62 bits per heavy atom. The molecule has 1 N–H and O–H groups in total. The summed E-state index contributed by atoms with van der Waals surface area (Å²) >= 11 is 0. The molecule has 0 saturated carbocycles. The number of aryl methyl sites for hydroxylation is 1. The van der Waals surface area contributed by atoms with E-state index in [9.17, 15) is 9.18 Å². The lowest BCUT2D eigenvalue weighted by Gasteiger charge is -2.26. The number of amides is 1. The molecule has 2 aliphatic rings. The van der Waals surface area contributed by atoms with Crippen LogP contribution in [0.5, 0.6) is 0 Å². The van der Waals surface area contributed by atoms with Crippen LogP contribution in [0.15, 0.2) is 42.5 Å². The lowest BCUT2D eigenvalue weighted by Crippen LogP contribution is -2.25. The Hall–Kier alpha value is -2.20. The summed E-state index contributed by atoms with van der Waals surface area (Å²) in [6, 6.07) is 14.0. The maximum Gasteiger partial charge on any atom is 0.222 e. The highest BCUT2D eigenvalue weighted by Crippen LogP contribution is 2.30. The van der Waals surface area contributed by atoms with Crippen molar-refractivity contribution in [1.82, 2.24) is 10.2 Å². The van der Waals surface area contributed by atoms with Crippen LogP contribution in [0.25, 0.3) is 0 Å². The van der Waals surface area contributed by atoms with Gasteiger partial charge in [-0.3, -0.25) is 4.79 Å². The summed E-state index contributed by atoms with van der Waals surface area (Å²) in [5, 5.41) is 3.63. The maximum atomic E-state index is 13.4. The van der Waals surface area contributed by atoms with Crippen LogP contribution in [0.2, 0.25) is 0 Å². The summed E-state index contributed by atoms with van der Waals surface area (Å²) in [5.74, 6) is 0.125. The van der Waals surface area contributed by atoms with Crippen LogP contribution in [-0.2, 0) is 24.3 Å². The molecule has 0 spiro atoms. The molecule has 1 saturated heterocycles. The third kappa shape index (κ3) is 3.80. The minimum Gasteiger partial charge on any atom is -0.338 e. The molecule has 1 aliphatic heterocycles. The van der Waals surface area contributed by atoms with Crippen LogP contribution >= 0.6 is 0 Å². The van der Waals surface area contributed by atoms with Gasteiger partial charge in [-0.25, -0.2) is 4.39 Å². The second kappa shape index (κ2) is 7.58. The van der Waals surface area contributed by atoms with E-state index in [0.29, 0.717) is 19.0 Å². The predicted molar refractivity (Wildman–Crippen MR) is 100 cm³/mol. The molecule has 0 bridgehead atoms. The quantitative estimate of drug-likeness (QED) is 0.878. The molecular formula is C22H25FN2O. The number of carbonyl (C=O) groups is 1. The minimum absolute atomic E-state index is 0.142. The van der Waals surface area contributed by atoms with Crippen molar-refractivity contribution in [1.29, 1.82) is 0 Å². The van der Waals surface area contributed by atoms with Gasteiger partial charge in [-0.1, -0.05) is 30.3 Å². The predicted octanol–water partition coefficient (Wildman–Crippen LogP) is 4.12. The highest BCUT2D eigenvalue weighted by molar-refractivity contribution is 5.78. The number of nitrogens with zero attached hydrogens (tertiary/aromatic N) is 1. The molecule has 4 heteroatoms. The van der Waals surface area contributed by atoms with Crippen molar-refractivity contribution in [2.75, 3.05) is 6.54 Å². The number of hydrogen-bond donors (Lipinski definition) is 1. The number of carbonyl (C=O) groups excluding carboxylic acids is 1. The second-order valence-corrected chi connectivity index (χ2v) is 7.40. The molecule has 4 rings (SSSR count). The van der Waals surface area contributed by atoms with E-state index >= 15 is 0 Å². The summed E-state index contributed by atoms with van der Waals surface area (Å²) in [6.45, 7) is 2.39. The van der Waals surface area contributed by atoms with Gasteiger partial charge in [-0.2, -0.15) is 0 Å². The molecule has 2 aromatic rings. The summed E-state index contributed by atoms with van der Waals surface area (Å²) in [6.07, 6.45) is 4.82. The van der Waals surface area contributed by atoms with Gasteiger partial charge >= 0.3 is 0 Å². The zero-order valence-corrected chi connectivity index (χ0v) is 15.0. The SMILES string of the molecule is O=C1CCCN1Cc1ccc(CNC2CCCc3cc(F)ccc32)cc1. The van der Waals surface area contributed by atoms with E-state index in [1.54, 1.807) is 12.1 Å². The van der Waals surface area contributed by atoms with Gasteiger partial charge in [0.05, 0.1) is 0 Å². The van der Waals surface area contributed by atoms with E-state index in [0.717, 1.165) is 44.3 Å². The molecule has 2 aromatic carbocycles. The fourth-order valence-corrected chi connectivity index (χ4v) is 4.09. The molecular weight excluding hydrogens is 327 g/mol. The second-order valence-electron chi connectivity index (χ2n) is 7.40. The van der Waals surface area contributed by atoms with Crippen molar-refractivity contribution in [3.63, 3.8) is 0 Å². The van der Waals surface area contributed by atoms with E-state index in [2.05, 4.69) is 29.6 Å². The summed E-state index contributed by atoms with van der Waals surface area (Å²) in [7, 11) is 0. The molecule has 1 amide bonds. The van der Waals surface area contributed by atoms with Crippen LogP contribution in [0.4, 0.5) is 4.39 Å². The zero-order valence-electron chi connectivity index (χ0n) is 15.0. The van der Waals surface area contributed by atoms with Gasteiger partial charge in [0.2, 0.25) is 5.91 Å². The molecule has 26 heavy (non-hydrogen) atoms. The van der Waals surface area contributed by atoms with Gasteiger partial charge < -0.3 is 10.2 Å². The Labute approximate surface area is 154 Å². The van der Waals surface area contributed by atoms with Crippen LogP contribution in [0.3, 0.4) is 0 Å². The molecule has 1 unspecified atom stereocenters. The molecule has 136 valence electrons. The van der Waals surface area contributed by atoms with Crippen molar-refractivity contribution < 1.29 is 9.18 Å². The lowest BCUT2D eigenvalue weighted by molar-refractivity contribution is -0.128. The smallest absolute Gasteiger partial charge is 0.222 e. The van der Waals surface area contributed by atoms with E-state index in [1.807, 2.05) is 11.0 Å². The minimum atomic E-state index is -0.142. The number of halogens is 1. The average molecular weight is 352 g/mol. The van der Waals surface area contributed by atoms with Gasteiger partial charge in [-0.15, -0.1) is 0 Å². The molecule has 1 atom stereocenters. The maximum absolute atomic E-state index is 13.4. The first kappa shape index (κ1) is 17.2. The topological polar surface area (TPSA) is 32.3 Å².